The minimum Gasteiger partial charge on any atom is -0.507 e. The first-order valence-electron chi connectivity index (χ1n) is 14.3. The Kier molecular flexibility index (Phi) is 10.7. The Bertz CT molecular complexity index is 1730. The van der Waals surface area contributed by atoms with E-state index in [1.165, 1.54) is 28.0 Å². The van der Waals surface area contributed by atoms with Crippen molar-refractivity contribution >= 4 is 68.9 Å². The van der Waals surface area contributed by atoms with Crippen molar-refractivity contribution in [1.29, 1.82) is 0 Å². The van der Waals surface area contributed by atoms with Crippen molar-refractivity contribution in [2.24, 2.45) is 5.92 Å². The molecule has 1 fully saturated rings. The molecule has 1 unspecified atom stereocenters. The minimum absolute atomic E-state index is 0.0560. The highest BCUT2D eigenvalue weighted by Crippen LogP contribution is 2.46. The molecule has 1 aliphatic rings. The molecule has 5 rings (SSSR count). The van der Waals surface area contributed by atoms with Crippen molar-refractivity contribution in [3.63, 3.8) is 0 Å². The Balaban J connectivity index is 1.54. The highest BCUT2D eigenvalue weighted by atomic mass is 35.5. The second-order valence-electron chi connectivity index (χ2n) is 10.6. The van der Waals surface area contributed by atoms with E-state index in [4.69, 9.17) is 32.7 Å². The number of nitrogens with zero attached hydrogens (tertiary/aromatic N) is 3. The van der Waals surface area contributed by atoms with Gasteiger partial charge in [-0.1, -0.05) is 103 Å². The average molecular weight is 685 g/mol. The van der Waals surface area contributed by atoms with Gasteiger partial charge in [-0.2, -0.15) is 0 Å². The highest BCUT2D eigenvalue weighted by molar-refractivity contribution is 8.00. The van der Waals surface area contributed by atoms with Gasteiger partial charge in [-0.25, -0.2) is 0 Å². The molecular formula is C33H31Cl2N3O5S2. The summed E-state index contributed by atoms with van der Waals surface area (Å²) in [4.78, 5) is 28.6. The van der Waals surface area contributed by atoms with Crippen molar-refractivity contribution in [3.8, 4) is 11.5 Å². The number of halogens is 2. The van der Waals surface area contributed by atoms with Crippen LogP contribution in [0.25, 0.3) is 5.76 Å². The van der Waals surface area contributed by atoms with Crippen LogP contribution in [-0.2, 0) is 15.3 Å². The molecule has 3 aromatic carbocycles. The van der Waals surface area contributed by atoms with Crippen molar-refractivity contribution < 1.29 is 24.2 Å². The maximum Gasteiger partial charge on any atom is 0.301 e. The first-order valence-corrected chi connectivity index (χ1v) is 16.9. The lowest BCUT2D eigenvalue weighted by Gasteiger charge is -2.23. The maximum atomic E-state index is 13.7. The summed E-state index contributed by atoms with van der Waals surface area (Å²) in [6.07, 6.45) is 0.867. The van der Waals surface area contributed by atoms with Gasteiger partial charge in [-0.3, -0.25) is 14.5 Å². The molecule has 4 aromatic rings. The number of anilines is 1. The first-order chi connectivity index (χ1) is 21.7. The van der Waals surface area contributed by atoms with Crippen LogP contribution in [0.1, 0.15) is 49.9 Å². The van der Waals surface area contributed by atoms with Gasteiger partial charge in [0.15, 0.2) is 15.8 Å². The number of thioether (sulfide) groups is 1. The van der Waals surface area contributed by atoms with E-state index < -0.39 is 17.7 Å². The number of aliphatic hydroxyl groups is 1. The maximum absolute atomic E-state index is 13.7. The summed E-state index contributed by atoms with van der Waals surface area (Å²) < 4.78 is 12.5. The van der Waals surface area contributed by atoms with Crippen LogP contribution in [0.15, 0.2) is 76.6 Å². The predicted molar refractivity (Wildman–Crippen MR) is 180 cm³/mol. The van der Waals surface area contributed by atoms with Crippen LogP contribution >= 0.6 is 46.3 Å². The number of rotatable bonds is 12. The Morgan fingerprint density at radius 2 is 1.80 bits per heavy atom. The molecule has 0 aliphatic carbocycles. The molecule has 0 saturated carbocycles. The first kappa shape index (κ1) is 32.8. The van der Waals surface area contributed by atoms with Crippen LogP contribution in [0.5, 0.6) is 11.5 Å². The number of Topliss-reactive ketones (excluding diaryl/α,β-unsaturated/α-hetero) is 1. The number of hydrogen-bond donors (Lipinski definition) is 1. The Morgan fingerprint density at radius 1 is 1.02 bits per heavy atom. The molecule has 0 spiro atoms. The van der Waals surface area contributed by atoms with E-state index in [1.54, 1.807) is 60.7 Å². The topological polar surface area (TPSA) is 102 Å². The molecule has 12 heteroatoms. The van der Waals surface area contributed by atoms with Crippen LogP contribution in [0, 0.1) is 5.92 Å². The zero-order valence-corrected chi connectivity index (χ0v) is 28.0. The zero-order chi connectivity index (χ0) is 32.1. The molecule has 45 heavy (non-hydrogen) atoms. The van der Waals surface area contributed by atoms with E-state index >= 15 is 0 Å². The Hall–Kier alpha value is -3.57. The highest BCUT2D eigenvalue weighted by Gasteiger charge is 2.48. The summed E-state index contributed by atoms with van der Waals surface area (Å²) in [7, 11) is 0. The SMILES string of the molecule is CCOc1cc(C2C(=C(O)c3ccccc3)C(=O)C(=O)N2c2nnc(SCc3ccc(Cl)cc3Cl)s2)ccc1OCCC(C)C. The second kappa shape index (κ2) is 14.7. The standard InChI is InChI=1S/C33H31Cl2N3O5S2/c1-4-42-26-16-21(11-13-25(26)43-15-14-19(2)3)28-27(29(39)20-8-6-5-7-9-20)30(40)31(41)38(28)32-36-37-33(45-32)44-18-22-10-12-23(34)17-24(22)35/h5-13,16-17,19,28,39H,4,14-15,18H2,1-3H3. The van der Waals surface area contributed by atoms with Crippen molar-refractivity contribution in [3.05, 3.63) is 99.0 Å². The lowest BCUT2D eigenvalue weighted by Crippen LogP contribution is -2.29. The number of benzene rings is 3. The molecule has 0 radical (unpaired) electrons. The van der Waals surface area contributed by atoms with Gasteiger partial charge in [0.05, 0.1) is 24.8 Å². The Morgan fingerprint density at radius 3 is 2.51 bits per heavy atom. The summed E-state index contributed by atoms with van der Waals surface area (Å²) in [5, 5.41) is 21.3. The number of hydrogen-bond acceptors (Lipinski definition) is 9. The normalized spacial score (nSPS) is 16.0. The van der Waals surface area contributed by atoms with Crippen molar-refractivity contribution in [2.75, 3.05) is 18.1 Å². The Labute approximate surface area is 280 Å². The number of carbonyl (C=O) groups is 2. The lowest BCUT2D eigenvalue weighted by atomic mass is 9.95. The van der Waals surface area contributed by atoms with Gasteiger partial charge in [0, 0.05) is 21.4 Å². The fraction of sp³-hybridized carbons (Fsp3) is 0.273. The molecule has 8 nitrogen and oxygen atoms in total. The molecule has 1 N–H and O–H groups in total. The third-order valence-corrected chi connectivity index (χ3v) is 9.69. The minimum atomic E-state index is -0.995. The van der Waals surface area contributed by atoms with E-state index in [9.17, 15) is 14.7 Å². The fourth-order valence-corrected chi connectivity index (χ4v) is 7.15. The predicted octanol–water partition coefficient (Wildman–Crippen LogP) is 8.59. The van der Waals surface area contributed by atoms with Gasteiger partial charge in [0.25, 0.3) is 5.78 Å². The fourth-order valence-electron chi connectivity index (χ4n) is 4.72. The van der Waals surface area contributed by atoms with Gasteiger partial charge in [0.2, 0.25) is 5.13 Å². The molecule has 1 aromatic heterocycles. The van der Waals surface area contributed by atoms with Gasteiger partial charge >= 0.3 is 5.91 Å². The van der Waals surface area contributed by atoms with Gasteiger partial charge in [0.1, 0.15) is 5.76 Å². The van der Waals surface area contributed by atoms with Gasteiger partial charge < -0.3 is 14.6 Å². The third-order valence-electron chi connectivity index (χ3n) is 7.00. The van der Waals surface area contributed by atoms with E-state index in [2.05, 4.69) is 24.0 Å². The number of aliphatic hydroxyl groups excluding tert-OH is 1. The molecule has 2 heterocycles. The smallest absolute Gasteiger partial charge is 0.301 e. The average Bonchev–Trinajstić information content (AvgIpc) is 3.59. The molecule has 234 valence electrons. The summed E-state index contributed by atoms with van der Waals surface area (Å²) in [6, 6.07) is 18.2. The zero-order valence-electron chi connectivity index (χ0n) is 24.8. The number of ketones is 1. The number of ether oxygens (including phenoxy) is 2. The van der Waals surface area contributed by atoms with Gasteiger partial charge in [-0.05, 0) is 54.7 Å². The largest absolute Gasteiger partial charge is 0.507 e. The number of aromatic nitrogens is 2. The molecular weight excluding hydrogens is 653 g/mol. The van der Waals surface area contributed by atoms with E-state index in [0.29, 0.717) is 61.9 Å². The van der Waals surface area contributed by atoms with E-state index in [1.807, 2.05) is 13.0 Å². The van der Waals surface area contributed by atoms with Crippen LogP contribution in [0.3, 0.4) is 0 Å². The molecule has 0 bridgehead atoms. The van der Waals surface area contributed by atoms with Gasteiger partial charge in [-0.15, -0.1) is 10.2 Å². The molecule has 1 amide bonds. The van der Waals surface area contributed by atoms with Crippen molar-refractivity contribution in [2.45, 2.75) is 43.3 Å². The quantitative estimate of drug-likeness (QED) is 0.0521. The summed E-state index contributed by atoms with van der Waals surface area (Å²) in [5.74, 6) is 0.0599. The van der Waals surface area contributed by atoms with Crippen molar-refractivity contribution in [1.82, 2.24) is 10.2 Å². The monoisotopic (exact) mass is 683 g/mol. The number of carbonyl (C=O) groups excluding carboxylic acids is 2. The molecule has 1 aliphatic heterocycles. The van der Waals surface area contributed by atoms with Crippen LogP contribution in [0.4, 0.5) is 5.13 Å². The van der Waals surface area contributed by atoms with Crippen LogP contribution in [-0.4, -0.2) is 40.2 Å². The lowest BCUT2D eigenvalue weighted by molar-refractivity contribution is -0.132. The van der Waals surface area contributed by atoms with Crippen LogP contribution < -0.4 is 14.4 Å². The second-order valence-corrected chi connectivity index (χ2v) is 13.6. The summed E-state index contributed by atoms with van der Waals surface area (Å²) in [5.41, 5.74) is 1.76. The molecule has 1 atom stereocenters. The summed E-state index contributed by atoms with van der Waals surface area (Å²) in [6.45, 7) is 6.99. The molecule has 1 saturated heterocycles. The van der Waals surface area contributed by atoms with E-state index in [-0.39, 0.29) is 16.5 Å². The third kappa shape index (κ3) is 7.47. The number of amides is 1. The van der Waals surface area contributed by atoms with Crippen LogP contribution in [0.2, 0.25) is 10.0 Å². The summed E-state index contributed by atoms with van der Waals surface area (Å²) >= 11 is 14.9. The van der Waals surface area contributed by atoms with E-state index in [0.717, 1.165) is 12.0 Å².